The number of anilines is 1. The van der Waals surface area contributed by atoms with Crippen molar-refractivity contribution in [3.05, 3.63) is 29.8 Å². The quantitative estimate of drug-likeness (QED) is 0.907. The summed E-state index contributed by atoms with van der Waals surface area (Å²) >= 11 is 0. The largest absolute Gasteiger partial charge is 0.349 e. The molecule has 2 amide bonds. The predicted octanol–water partition coefficient (Wildman–Crippen LogP) is 2.34. The van der Waals surface area contributed by atoms with Crippen molar-refractivity contribution in [2.24, 2.45) is 0 Å². The fourth-order valence-electron chi connectivity index (χ4n) is 2.46. The van der Waals surface area contributed by atoms with Crippen LogP contribution in [0.3, 0.4) is 0 Å². The molecule has 1 aromatic rings. The molecule has 0 radical (unpaired) electrons. The maximum Gasteiger partial charge on any atom is 0.253 e. The summed E-state index contributed by atoms with van der Waals surface area (Å²) in [6, 6.07) is 7.50. The number of para-hydroxylation sites is 1. The van der Waals surface area contributed by atoms with E-state index in [2.05, 4.69) is 5.32 Å². The van der Waals surface area contributed by atoms with Crippen molar-refractivity contribution < 1.29 is 9.59 Å². The van der Waals surface area contributed by atoms with Crippen molar-refractivity contribution in [2.75, 3.05) is 11.9 Å². The number of carbonyl (C=O) groups is 2. The van der Waals surface area contributed by atoms with E-state index in [0.717, 1.165) is 12.8 Å². The summed E-state index contributed by atoms with van der Waals surface area (Å²) in [6.07, 6.45) is 4.47. The molecule has 4 nitrogen and oxygen atoms in total. The Morgan fingerprint density at radius 1 is 1.21 bits per heavy atom. The second kappa shape index (κ2) is 5.87. The number of amides is 2. The topological polar surface area (TPSA) is 49.4 Å². The molecular formula is C15H20N2O2. The lowest BCUT2D eigenvalue weighted by Crippen LogP contribution is -2.34. The van der Waals surface area contributed by atoms with Crippen molar-refractivity contribution in [1.82, 2.24) is 5.32 Å². The van der Waals surface area contributed by atoms with Gasteiger partial charge >= 0.3 is 0 Å². The third kappa shape index (κ3) is 3.13. The first-order chi connectivity index (χ1) is 9.09. The first-order valence-corrected chi connectivity index (χ1v) is 6.74. The highest BCUT2D eigenvalue weighted by molar-refractivity contribution is 6.04. The van der Waals surface area contributed by atoms with Gasteiger partial charge in [-0.1, -0.05) is 25.0 Å². The summed E-state index contributed by atoms with van der Waals surface area (Å²) in [4.78, 5) is 25.3. The first kappa shape index (κ1) is 13.6. The van der Waals surface area contributed by atoms with E-state index in [-0.39, 0.29) is 17.9 Å². The van der Waals surface area contributed by atoms with E-state index in [1.807, 2.05) is 12.1 Å². The van der Waals surface area contributed by atoms with Gasteiger partial charge in [0.05, 0.1) is 11.3 Å². The first-order valence-electron chi connectivity index (χ1n) is 6.74. The van der Waals surface area contributed by atoms with E-state index < -0.39 is 0 Å². The molecule has 1 N–H and O–H groups in total. The molecule has 1 saturated carbocycles. The molecular weight excluding hydrogens is 240 g/mol. The van der Waals surface area contributed by atoms with Crippen LogP contribution in [-0.4, -0.2) is 24.9 Å². The lowest BCUT2D eigenvalue weighted by Gasteiger charge is -2.20. The molecule has 102 valence electrons. The Labute approximate surface area is 113 Å². The average Bonchev–Trinajstić information content (AvgIpc) is 2.90. The second-order valence-corrected chi connectivity index (χ2v) is 5.05. The minimum atomic E-state index is -0.0874. The molecule has 1 aliphatic rings. The highest BCUT2D eigenvalue weighted by Gasteiger charge is 2.21. The average molecular weight is 260 g/mol. The van der Waals surface area contributed by atoms with Gasteiger partial charge in [-0.3, -0.25) is 9.59 Å². The zero-order valence-corrected chi connectivity index (χ0v) is 11.5. The van der Waals surface area contributed by atoms with Crippen LogP contribution in [0.15, 0.2) is 24.3 Å². The van der Waals surface area contributed by atoms with Gasteiger partial charge < -0.3 is 10.2 Å². The Bertz CT molecular complexity index is 479. The van der Waals surface area contributed by atoms with Crippen molar-refractivity contribution in [3.63, 3.8) is 0 Å². The van der Waals surface area contributed by atoms with Gasteiger partial charge in [0, 0.05) is 20.0 Å². The highest BCUT2D eigenvalue weighted by Crippen LogP contribution is 2.22. The SMILES string of the molecule is CC(=O)N(C)c1ccccc1C(=O)NC1CCCC1. The Hall–Kier alpha value is -1.84. The molecule has 19 heavy (non-hydrogen) atoms. The summed E-state index contributed by atoms with van der Waals surface area (Å²) in [5.74, 6) is -0.170. The summed E-state index contributed by atoms with van der Waals surface area (Å²) in [5.41, 5.74) is 1.22. The summed E-state index contributed by atoms with van der Waals surface area (Å²) in [5, 5.41) is 3.05. The molecule has 0 saturated heterocycles. The number of carbonyl (C=O) groups excluding carboxylic acids is 2. The molecule has 0 bridgehead atoms. The molecule has 0 aromatic heterocycles. The maximum atomic E-state index is 12.3. The van der Waals surface area contributed by atoms with Crippen molar-refractivity contribution in [3.8, 4) is 0 Å². The zero-order chi connectivity index (χ0) is 13.8. The third-order valence-electron chi connectivity index (χ3n) is 3.67. The normalized spacial score (nSPS) is 15.3. The van der Waals surface area contributed by atoms with E-state index in [4.69, 9.17) is 0 Å². The fraction of sp³-hybridized carbons (Fsp3) is 0.467. The van der Waals surface area contributed by atoms with Gasteiger partial charge in [-0.2, -0.15) is 0 Å². The van der Waals surface area contributed by atoms with Crippen LogP contribution >= 0.6 is 0 Å². The number of nitrogens with zero attached hydrogens (tertiary/aromatic N) is 1. The van der Waals surface area contributed by atoms with Crippen LogP contribution in [0.2, 0.25) is 0 Å². The monoisotopic (exact) mass is 260 g/mol. The van der Waals surface area contributed by atoms with E-state index in [0.29, 0.717) is 11.3 Å². The van der Waals surface area contributed by atoms with Crippen LogP contribution < -0.4 is 10.2 Å². The molecule has 0 atom stereocenters. The molecule has 2 rings (SSSR count). The predicted molar refractivity (Wildman–Crippen MR) is 75.2 cm³/mol. The number of rotatable bonds is 3. The lowest BCUT2D eigenvalue weighted by atomic mass is 10.1. The Morgan fingerprint density at radius 3 is 2.47 bits per heavy atom. The smallest absolute Gasteiger partial charge is 0.253 e. The zero-order valence-electron chi connectivity index (χ0n) is 11.5. The van der Waals surface area contributed by atoms with Crippen LogP contribution in [0, 0.1) is 0 Å². The second-order valence-electron chi connectivity index (χ2n) is 5.05. The lowest BCUT2D eigenvalue weighted by molar-refractivity contribution is -0.116. The molecule has 0 unspecified atom stereocenters. The molecule has 0 spiro atoms. The van der Waals surface area contributed by atoms with Crippen molar-refractivity contribution >= 4 is 17.5 Å². The van der Waals surface area contributed by atoms with Crippen LogP contribution in [-0.2, 0) is 4.79 Å². The summed E-state index contributed by atoms with van der Waals surface area (Å²) in [7, 11) is 1.68. The van der Waals surface area contributed by atoms with Gasteiger partial charge in [0.1, 0.15) is 0 Å². The Morgan fingerprint density at radius 2 is 1.84 bits per heavy atom. The van der Waals surface area contributed by atoms with Crippen molar-refractivity contribution in [1.29, 1.82) is 0 Å². The van der Waals surface area contributed by atoms with Crippen LogP contribution in [0.5, 0.6) is 0 Å². The maximum absolute atomic E-state index is 12.3. The minimum absolute atomic E-state index is 0.0823. The van der Waals surface area contributed by atoms with Gasteiger partial charge in [-0.15, -0.1) is 0 Å². The molecule has 0 heterocycles. The van der Waals surface area contributed by atoms with E-state index >= 15 is 0 Å². The van der Waals surface area contributed by atoms with Crippen LogP contribution in [0.1, 0.15) is 43.0 Å². The third-order valence-corrected chi connectivity index (χ3v) is 3.67. The molecule has 1 fully saturated rings. The molecule has 1 aromatic carbocycles. The number of nitrogens with one attached hydrogen (secondary N) is 1. The number of hydrogen-bond acceptors (Lipinski definition) is 2. The van der Waals surface area contributed by atoms with E-state index in [1.165, 1.54) is 24.7 Å². The van der Waals surface area contributed by atoms with E-state index in [1.54, 1.807) is 19.2 Å². The van der Waals surface area contributed by atoms with Gasteiger partial charge in [0.2, 0.25) is 5.91 Å². The fourth-order valence-corrected chi connectivity index (χ4v) is 2.46. The van der Waals surface area contributed by atoms with Gasteiger partial charge in [-0.25, -0.2) is 0 Å². The number of hydrogen-bond donors (Lipinski definition) is 1. The summed E-state index contributed by atoms with van der Waals surface area (Å²) < 4.78 is 0. The van der Waals surface area contributed by atoms with Gasteiger partial charge in [-0.05, 0) is 25.0 Å². The minimum Gasteiger partial charge on any atom is -0.349 e. The molecule has 0 aliphatic heterocycles. The number of benzene rings is 1. The van der Waals surface area contributed by atoms with Gasteiger partial charge in [0.25, 0.3) is 5.91 Å². The standard InChI is InChI=1S/C15H20N2O2/c1-11(18)17(2)14-10-6-5-9-13(14)15(19)16-12-7-3-4-8-12/h5-6,9-10,12H,3-4,7-8H2,1-2H3,(H,16,19). The molecule has 1 aliphatic carbocycles. The van der Waals surface area contributed by atoms with Crippen LogP contribution in [0.25, 0.3) is 0 Å². The molecule has 4 heteroatoms. The Balaban J connectivity index is 2.18. The van der Waals surface area contributed by atoms with Crippen LogP contribution in [0.4, 0.5) is 5.69 Å². The van der Waals surface area contributed by atoms with Crippen molar-refractivity contribution in [2.45, 2.75) is 38.6 Å². The summed E-state index contributed by atoms with van der Waals surface area (Å²) in [6.45, 7) is 1.49. The Kier molecular flexibility index (Phi) is 4.20. The van der Waals surface area contributed by atoms with E-state index in [9.17, 15) is 9.59 Å². The van der Waals surface area contributed by atoms with Gasteiger partial charge in [0.15, 0.2) is 0 Å². The highest BCUT2D eigenvalue weighted by atomic mass is 16.2.